The summed E-state index contributed by atoms with van der Waals surface area (Å²) in [7, 11) is 0. The van der Waals surface area contributed by atoms with E-state index in [1.165, 1.54) is 0 Å². The number of nitrogens with one attached hydrogen (secondary N) is 1. The number of carbonyl (C=O) groups excluding carboxylic acids is 1. The molecule has 2 atom stereocenters. The topological polar surface area (TPSA) is 55.1 Å². The molecule has 3 nitrogen and oxygen atoms in total. The molecule has 78 valence electrons. The van der Waals surface area contributed by atoms with Gasteiger partial charge in [-0.1, -0.05) is 20.3 Å². The van der Waals surface area contributed by atoms with E-state index in [1.807, 2.05) is 13.8 Å². The molecule has 0 aromatic heterocycles. The quantitative estimate of drug-likeness (QED) is 0.659. The molecule has 0 aromatic carbocycles. The Balaban J connectivity index is 3.61. The van der Waals surface area contributed by atoms with E-state index in [0.29, 0.717) is 6.42 Å². The van der Waals surface area contributed by atoms with Crippen molar-refractivity contribution in [1.82, 2.24) is 5.32 Å². The van der Waals surface area contributed by atoms with Gasteiger partial charge in [0.05, 0.1) is 0 Å². The smallest absolute Gasteiger partial charge is 0.221 e. The second-order valence-corrected chi connectivity index (χ2v) is 3.63. The molecule has 0 aliphatic heterocycles. The van der Waals surface area contributed by atoms with Crippen LogP contribution < -0.4 is 11.1 Å². The molecule has 0 aromatic rings. The monoisotopic (exact) mass is 186 g/mol. The molecule has 3 N–H and O–H groups in total. The minimum atomic E-state index is 0.00817. The molecular formula is C10H22N2O. The van der Waals surface area contributed by atoms with Crippen LogP contribution in [0.25, 0.3) is 0 Å². The van der Waals surface area contributed by atoms with Gasteiger partial charge in [-0.05, 0) is 19.8 Å². The summed E-state index contributed by atoms with van der Waals surface area (Å²) in [6, 6.07) is 0.287. The summed E-state index contributed by atoms with van der Waals surface area (Å²) in [5, 5.41) is 2.93. The highest BCUT2D eigenvalue weighted by Crippen LogP contribution is 1.98. The minimum absolute atomic E-state index is 0.00817. The summed E-state index contributed by atoms with van der Waals surface area (Å²) >= 11 is 0. The number of amides is 1. The van der Waals surface area contributed by atoms with Crippen LogP contribution in [0.15, 0.2) is 0 Å². The zero-order valence-corrected chi connectivity index (χ0v) is 8.97. The Labute approximate surface area is 81.1 Å². The molecule has 0 saturated heterocycles. The standard InChI is InChI=1S/C10H22N2O/c1-4-6-8(3)12-10(13)7-9(11)5-2/h8-9H,4-7,11H2,1-3H3,(H,12,13). The number of rotatable bonds is 6. The fourth-order valence-electron chi connectivity index (χ4n) is 1.22. The van der Waals surface area contributed by atoms with E-state index in [4.69, 9.17) is 5.73 Å². The van der Waals surface area contributed by atoms with Crippen LogP contribution in [0.3, 0.4) is 0 Å². The molecule has 0 bridgehead atoms. The highest BCUT2D eigenvalue weighted by molar-refractivity contribution is 5.76. The van der Waals surface area contributed by atoms with Crippen molar-refractivity contribution in [2.24, 2.45) is 5.73 Å². The van der Waals surface area contributed by atoms with Crippen LogP contribution in [0.2, 0.25) is 0 Å². The van der Waals surface area contributed by atoms with Gasteiger partial charge in [0.25, 0.3) is 0 Å². The van der Waals surface area contributed by atoms with E-state index < -0.39 is 0 Å². The Bertz CT molecular complexity index is 148. The van der Waals surface area contributed by atoms with Crippen LogP contribution in [0.1, 0.15) is 46.5 Å². The Morgan fingerprint density at radius 3 is 2.54 bits per heavy atom. The second-order valence-electron chi connectivity index (χ2n) is 3.63. The Morgan fingerprint density at radius 2 is 2.08 bits per heavy atom. The van der Waals surface area contributed by atoms with Crippen molar-refractivity contribution in [2.75, 3.05) is 0 Å². The molecule has 0 aliphatic carbocycles. The van der Waals surface area contributed by atoms with Crippen LogP contribution >= 0.6 is 0 Å². The zero-order chi connectivity index (χ0) is 10.3. The fraction of sp³-hybridized carbons (Fsp3) is 0.900. The number of hydrogen-bond acceptors (Lipinski definition) is 2. The molecule has 2 unspecified atom stereocenters. The summed E-state index contributed by atoms with van der Waals surface area (Å²) in [6.07, 6.45) is 3.44. The van der Waals surface area contributed by atoms with Gasteiger partial charge in [-0.15, -0.1) is 0 Å². The largest absolute Gasteiger partial charge is 0.354 e. The summed E-state index contributed by atoms with van der Waals surface area (Å²) in [5.74, 6) is 0.0790. The lowest BCUT2D eigenvalue weighted by molar-refractivity contribution is -0.122. The van der Waals surface area contributed by atoms with Crippen molar-refractivity contribution in [3.05, 3.63) is 0 Å². The van der Waals surface area contributed by atoms with Gasteiger partial charge in [0.1, 0.15) is 0 Å². The van der Waals surface area contributed by atoms with Gasteiger partial charge >= 0.3 is 0 Å². The van der Waals surface area contributed by atoms with Crippen LogP contribution in [0.5, 0.6) is 0 Å². The first kappa shape index (κ1) is 12.4. The molecular weight excluding hydrogens is 164 g/mol. The zero-order valence-electron chi connectivity index (χ0n) is 8.97. The first-order valence-corrected chi connectivity index (χ1v) is 5.15. The Hall–Kier alpha value is -0.570. The van der Waals surface area contributed by atoms with E-state index in [1.54, 1.807) is 0 Å². The van der Waals surface area contributed by atoms with Crippen LogP contribution in [0, 0.1) is 0 Å². The average molecular weight is 186 g/mol. The van der Waals surface area contributed by atoms with E-state index in [9.17, 15) is 4.79 Å². The van der Waals surface area contributed by atoms with Crippen LogP contribution in [-0.2, 0) is 4.79 Å². The third-order valence-corrected chi connectivity index (χ3v) is 2.10. The van der Waals surface area contributed by atoms with Gasteiger partial charge in [-0.3, -0.25) is 4.79 Å². The fourth-order valence-corrected chi connectivity index (χ4v) is 1.22. The molecule has 0 fully saturated rings. The maximum atomic E-state index is 11.3. The lowest BCUT2D eigenvalue weighted by Crippen LogP contribution is -2.36. The van der Waals surface area contributed by atoms with Gasteiger partial charge in [-0.25, -0.2) is 0 Å². The highest BCUT2D eigenvalue weighted by Gasteiger charge is 2.09. The summed E-state index contributed by atoms with van der Waals surface area (Å²) in [4.78, 5) is 11.3. The normalized spacial score (nSPS) is 15.1. The van der Waals surface area contributed by atoms with Crippen molar-refractivity contribution >= 4 is 5.91 Å². The van der Waals surface area contributed by atoms with Crippen molar-refractivity contribution < 1.29 is 4.79 Å². The van der Waals surface area contributed by atoms with E-state index in [2.05, 4.69) is 12.2 Å². The minimum Gasteiger partial charge on any atom is -0.354 e. The number of hydrogen-bond donors (Lipinski definition) is 2. The molecule has 3 heteroatoms. The Morgan fingerprint density at radius 1 is 1.46 bits per heavy atom. The molecule has 0 rings (SSSR count). The van der Waals surface area contributed by atoms with Crippen molar-refractivity contribution in [3.8, 4) is 0 Å². The van der Waals surface area contributed by atoms with Gasteiger partial charge in [0, 0.05) is 18.5 Å². The lowest BCUT2D eigenvalue weighted by atomic mass is 10.1. The van der Waals surface area contributed by atoms with Crippen molar-refractivity contribution in [1.29, 1.82) is 0 Å². The van der Waals surface area contributed by atoms with Crippen LogP contribution in [0.4, 0.5) is 0 Å². The second kappa shape index (κ2) is 6.89. The third kappa shape index (κ3) is 6.58. The molecule has 0 spiro atoms. The molecule has 0 aliphatic rings. The third-order valence-electron chi connectivity index (χ3n) is 2.10. The average Bonchev–Trinajstić information content (AvgIpc) is 2.04. The van der Waals surface area contributed by atoms with Crippen molar-refractivity contribution in [3.63, 3.8) is 0 Å². The highest BCUT2D eigenvalue weighted by atomic mass is 16.1. The maximum Gasteiger partial charge on any atom is 0.221 e. The van der Waals surface area contributed by atoms with Gasteiger partial charge in [-0.2, -0.15) is 0 Å². The Kier molecular flexibility index (Phi) is 6.59. The van der Waals surface area contributed by atoms with Gasteiger partial charge in [0.15, 0.2) is 0 Å². The summed E-state index contributed by atoms with van der Waals surface area (Å²) in [6.45, 7) is 6.13. The molecule has 0 saturated carbocycles. The van der Waals surface area contributed by atoms with Gasteiger partial charge < -0.3 is 11.1 Å². The van der Waals surface area contributed by atoms with Gasteiger partial charge in [0.2, 0.25) is 5.91 Å². The summed E-state index contributed by atoms with van der Waals surface area (Å²) in [5.41, 5.74) is 5.66. The van der Waals surface area contributed by atoms with E-state index in [-0.39, 0.29) is 18.0 Å². The molecule has 0 radical (unpaired) electrons. The van der Waals surface area contributed by atoms with E-state index >= 15 is 0 Å². The van der Waals surface area contributed by atoms with Crippen LogP contribution in [-0.4, -0.2) is 18.0 Å². The molecule has 0 heterocycles. The maximum absolute atomic E-state index is 11.3. The summed E-state index contributed by atoms with van der Waals surface area (Å²) < 4.78 is 0. The number of nitrogens with two attached hydrogens (primary N) is 1. The van der Waals surface area contributed by atoms with E-state index in [0.717, 1.165) is 19.3 Å². The first-order chi connectivity index (χ1) is 6.10. The predicted molar refractivity (Wildman–Crippen MR) is 55.4 cm³/mol. The van der Waals surface area contributed by atoms with Crippen molar-refractivity contribution in [2.45, 2.75) is 58.5 Å². The number of carbonyl (C=O) groups is 1. The lowest BCUT2D eigenvalue weighted by Gasteiger charge is -2.14. The molecule has 13 heavy (non-hydrogen) atoms. The first-order valence-electron chi connectivity index (χ1n) is 5.15. The predicted octanol–water partition coefficient (Wildman–Crippen LogP) is 1.42. The molecule has 1 amide bonds. The SMILES string of the molecule is CCCC(C)NC(=O)CC(N)CC.